The molecule has 0 saturated heterocycles. The van der Waals surface area contributed by atoms with Gasteiger partial charge in [0.1, 0.15) is 0 Å². The number of ether oxygens (including phenoxy) is 2. The largest absolute Gasteiger partial charge is 1.00 e. The first kappa shape index (κ1) is 41.0. The summed E-state index contributed by atoms with van der Waals surface area (Å²) >= 11 is 0. The van der Waals surface area contributed by atoms with Crippen molar-refractivity contribution in [2.45, 2.75) is 180 Å². The van der Waals surface area contributed by atoms with Crippen LogP contribution in [0.15, 0.2) is 0 Å². The standard InChI is InChI=1S/C32H62O6.Na.H/c1-3-5-7-9-11-13-15-17-19-21-23-25-27-37-31(35)29(33)30(34)32(36)38-28-26-24-22-20-18-16-14-12-10-8-6-4-2;;/h29-30,33-34H,3-28H2,1-2H3;;/q;+1;-1. The van der Waals surface area contributed by atoms with Gasteiger partial charge in [0.25, 0.3) is 0 Å². The van der Waals surface area contributed by atoms with Crippen LogP contribution in [0.3, 0.4) is 0 Å². The van der Waals surface area contributed by atoms with Gasteiger partial charge in [-0.05, 0) is 12.8 Å². The van der Waals surface area contributed by atoms with Gasteiger partial charge in [-0.25, -0.2) is 9.59 Å². The fourth-order valence-corrected chi connectivity index (χ4v) is 4.66. The van der Waals surface area contributed by atoms with Crippen LogP contribution in [-0.2, 0) is 19.1 Å². The normalized spacial score (nSPS) is 12.5. The zero-order valence-corrected chi connectivity index (χ0v) is 28.1. The molecule has 6 nitrogen and oxygen atoms in total. The molecule has 0 aromatic heterocycles. The molecule has 0 aromatic carbocycles. The van der Waals surface area contributed by atoms with E-state index in [4.69, 9.17) is 9.47 Å². The molecule has 0 fully saturated rings. The maximum absolute atomic E-state index is 11.9. The smallest absolute Gasteiger partial charge is 1.00 e. The molecule has 0 spiro atoms. The van der Waals surface area contributed by atoms with Crippen LogP contribution in [0.1, 0.15) is 169 Å². The van der Waals surface area contributed by atoms with Crippen molar-refractivity contribution in [1.29, 1.82) is 0 Å². The summed E-state index contributed by atoms with van der Waals surface area (Å²) in [5.74, 6) is -1.94. The van der Waals surface area contributed by atoms with Crippen molar-refractivity contribution in [3.63, 3.8) is 0 Å². The van der Waals surface area contributed by atoms with Gasteiger partial charge in [0.2, 0.25) is 0 Å². The molecule has 0 aliphatic heterocycles. The topological polar surface area (TPSA) is 93.1 Å². The average molecular weight is 567 g/mol. The maximum atomic E-state index is 11.9. The van der Waals surface area contributed by atoms with Crippen molar-refractivity contribution >= 4 is 11.9 Å². The predicted molar refractivity (Wildman–Crippen MR) is 157 cm³/mol. The minimum Gasteiger partial charge on any atom is -1.00 e. The summed E-state index contributed by atoms with van der Waals surface area (Å²) in [7, 11) is 0. The van der Waals surface area contributed by atoms with Crippen LogP contribution >= 0.6 is 0 Å². The molecule has 0 aliphatic rings. The minimum atomic E-state index is -1.90. The second kappa shape index (κ2) is 32.4. The number of rotatable bonds is 29. The molecule has 0 radical (unpaired) electrons. The number of unbranched alkanes of at least 4 members (excludes halogenated alkanes) is 22. The van der Waals surface area contributed by atoms with Gasteiger partial charge in [0, 0.05) is 0 Å². The molecular weight excluding hydrogens is 503 g/mol. The Morgan fingerprint density at radius 1 is 0.462 bits per heavy atom. The first-order valence-electron chi connectivity index (χ1n) is 16.2. The Balaban J connectivity index is -0.00000684. The van der Waals surface area contributed by atoms with Gasteiger partial charge in [-0.1, -0.05) is 155 Å². The molecule has 0 heterocycles. The molecule has 2 atom stereocenters. The Morgan fingerprint density at radius 3 is 0.897 bits per heavy atom. The molecule has 0 rings (SSSR count). The SMILES string of the molecule is CCCCCCCCCCCCCCOC(=O)C(O)C(O)C(=O)OCCCCCCCCCCCCCC.[H-].[Na+]. The van der Waals surface area contributed by atoms with Gasteiger partial charge < -0.3 is 21.1 Å². The van der Waals surface area contributed by atoms with Crippen molar-refractivity contribution in [3.8, 4) is 0 Å². The number of carbonyl (C=O) groups excluding carboxylic acids is 2. The van der Waals surface area contributed by atoms with Crippen LogP contribution in [0.5, 0.6) is 0 Å². The van der Waals surface area contributed by atoms with E-state index in [1.807, 2.05) is 0 Å². The Labute approximate surface area is 264 Å². The van der Waals surface area contributed by atoms with Gasteiger partial charge in [0.15, 0.2) is 12.2 Å². The van der Waals surface area contributed by atoms with Gasteiger partial charge >= 0.3 is 41.5 Å². The van der Waals surface area contributed by atoms with E-state index in [1.165, 1.54) is 116 Å². The van der Waals surface area contributed by atoms with Crippen LogP contribution in [0.25, 0.3) is 0 Å². The summed E-state index contributed by atoms with van der Waals surface area (Å²) in [6, 6.07) is 0. The zero-order chi connectivity index (χ0) is 28.1. The van der Waals surface area contributed by atoms with Crippen molar-refractivity contribution in [2.24, 2.45) is 0 Å². The fourth-order valence-electron chi connectivity index (χ4n) is 4.66. The Morgan fingerprint density at radius 2 is 0.667 bits per heavy atom. The van der Waals surface area contributed by atoms with Crippen LogP contribution in [0.4, 0.5) is 0 Å². The molecule has 0 saturated carbocycles. The van der Waals surface area contributed by atoms with Crippen molar-refractivity contribution in [3.05, 3.63) is 0 Å². The summed E-state index contributed by atoms with van der Waals surface area (Å²) < 4.78 is 10.1. The van der Waals surface area contributed by atoms with Crippen molar-refractivity contribution in [1.82, 2.24) is 0 Å². The van der Waals surface area contributed by atoms with E-state index < -0.39 is 24.1 Å². The van der Waals surface area contributed by atoms with Crippen LogP contribution in [-0.4, -0.2) is 47.6 Å². The summed E-state index contributed by atoms with van der Waals surface area (Å²) in [6.45, 7) is 4.86. The average Bonchev–Trinajstić information content (AvgIpc) is 2.92. The number of aliphatic hydroxyl groups is 2. The van der Waals surface area contributed by atoms with E-state index in [0.717, 1.165) is 38.5 Å². The quantitative estimate of drug-likeness (QED) is 0.0724. The van der Waals surface area contributed by atoms with Gasteiger partial charge in [-0.2, -0.15) is 0 Å². The van der Waals surface area contributed by atoms with E-state index >= 15 is 0 Å². The molecule has 7 heteroatoms. The molecule has 228 valence electrons. The molecule has 0 aliphatic carbocycles. The number of hydrogen-bond acceptors (Lipinski definition) is 6. The third-order valence-electron chi connectivity index (χ3n) is 7.27. The summed E-state index contributed by atoms with van der Waals surface area (Å²) in [4.78, 5) is 23.9. The van der Waals surface area contributed by atoms with Crippen molar-refractivity contribution in [2.75, 3.05) is 13.2 Å². The van der Waals surface area contributed by atoms with Gasteiger partial charge in [-0.15, -0.1) is 0 Å². The van der Waals surface area contributed by atoms with Crippen LogP contribution in [0, 0.1) is 0 Å². The number of esters is 2. The van der Waals surface area contributed by atoms with Gasteiger partial charge in [-0.3, -0.25) is 0 Å². The molecule has 0 aromatic rings. The predicted octanol–water partition coefficient (Wildman–Crippen LogP) is 5.31. The second-order valence-electron chi connectivity index (χ2n) is 11.0. The number of aliphatic hydroxyl groups excluding tert-OH is 2. The fraction of sp³-hybridized carbons (Fsp3) is 0.938. The summed E-state index contributed by atoms with van der Waals surface area (Å²) in [5.41, 5.74) is 0. The van der Waals surface area contributed by atoms with Crippen LogP contribution in [0.2, 0.25) is 0 Å². The van der Waals surface area contributed by atoms with E-state index in [2.05, 4.69) is 13.8 Å². The van der Waals surface area contributed by atoms with E-state index in [-0.39, 0.29) is 44.2 Å². The molecular formula is C32H63NaO6. The minimum absolute atomic E-state index is 0. The van der Waals surface area contributed by atoms with Crippen LogP contribution < -0.4 is 29.6 Å². The molecule has 0 bridgehead atoms. The Bertz CT molecular complexity index is 492. The third kappa shape index (κ3) is 27.8. The molecule has 2 unspecified atom stereocenters. The summed E-state index contributed by atoms with van der Waals surface area (Å²) in [6.07, 6.45) is 25.3. The Kier molecular flexibility index (Phi) is 34.0. The van der Waals surface area contributed by atoms with Crippen molar-refractivity contribution < 1.29 is 60.3 Å². The first-order valence-corrected chi connectivity index (χ1v) is 16.2. The third-order valence-corrected chi connectivity index (χ3v) is 7.27. The maximum Gasteiger partial charge on any atom is 1.00 e. The molecule has 2 N–H and O–H groups in total. The number of carbonyl (C=O) groups is 2. The monoisotopic (exact) mass is 566 g/mol. The molecule has 39 heavy (non-hydrogen) atoms. The van der Waals surface area contributed by atoms with Gasteiger partial charge in [0.05, 0.1) is 13.2 Å². The summed E-state index contributed by atoms with van der Waals surface area (Å²) in [5, 5.41) is 19.9. The van der Waals surface area contributed by atoms with E-state index in [9.17, 15) is 19.8 Å². The van der Waals surface area contributed by atoms with E-state index in [0.29, 0.717) is 0 Å². The first-order chi connectivity index (χ1) is 18.5. The second-order valence-corrected chi connectivity index (χ2v) is 11.0. The Hall–Kier alpha value is -0.140. The molecule has 0 amide bonds. The zero-order valence-electron chi connectivity index (χ0n) is 27.1. The van der Waals surface area contributed by atoms with E-state index in [1.54, 1.807) is 0 Å². The number of hydrogen-bond donors (Lipinski definition) is 2.